The Balaban J connectivity index is 4.00. The minimum atomic E-state index is -0.262. The summed E-state index contributed by atoms with van der Waals surface area (Å²) in [6, 6.07) is 0. The van der Waals surface area contributed by atoms with Gasteiger partial charge < -0.3 is 29.0 Å². The number of aliphatic hydroxyl groups is 1. The van der Waals surface area contributed by atoms with E-state index in [-0.39, 0.29) is 24.8 Å². The van der Waals surface area contributed by atoms with Gasteiger partial charge in [0, 0.05) is 19.4 Å². The largest absolute Gasteiger partial charge is 0.466 e. The summed E-state index contributed by atoms with van der Waals surface area (Å²) in [6.07, 6.45) is 42.3. The fourth-order valence-corrected chi connectivity index (χ4v) is 6.85. The van der Waals surface area contributed by atoms with Crippen LogP contribution in [0.5, 0.6) is 0 Å². The summed E-state index contributed by atoms with van der Waals surface area (Å²) in [5, 5.41) is 9.54. The van der Waals surface area contributed by atoms with Crippen molar-refractivity contribution in [3.63, 3.8) is 0 Å². The van der Waals surface area contributed by atoms with Crippen molar-refractivity contribution in [3.05, 3.63) is 24.3 Å². The van der Waals surface area contributed by atoms with Gasteiger partial charge in [-0.3, -0.25) is 9.59 Å². The fourth-order valence-electron chi connectivity index (χ4n) is 6.85. The standard InChI is InChI=1S/C49H93NO7/c1-4-7-10-13-16-23-32-43-54-47(52)36-27-20-19-21-30-39-50(41-42-51)40-31-22-26-33-44-55-48(53)37-28-29-38-49(56-45-34-24-17-14-11-8-5-2)57-46-35-25-18-15-12-9-6-3/h24-25,34-35,49,51H,4-23,26-33,36-46H2,1-3H3/b34-24+,35-25+. The van der Waals surface area contributed by atoms with Crippen LogP contribution in [0.25, 0.3) is 0 Å². The Hall–Kier alpha value is -1.74. The van der Waals surface area contributed by atoms with Crippen LogP contribution in [0.3, 0.4) is 0 Å². The van der Waals surface area contributed by atoms with Gasteiger partial charge in [-0.15, -0.1) is 0 Å². The molecule has 0 spiro atoms. The van der Waals surface area contributed by atoms with Crippen LogP contribution in [0.15, 0.2) is 24.3 Å². The van der Waals surface area contributed by atoms with E-state index in [0.29, 0.717) is 45.8 Å². The number of esters is 2. The van der Waals surface area contributed by atoms with E-state index in [2.05, 4.69) is 50.0 Å². The molecule has 0 rings (SSSR count). The van der Waals surface area contributed by atoms with E-state index >= 15 is 0 Å². The van der Waals surface area contributed by atoms with Crippen LogP contribution >= 0.6 is 0 Å². The Morgan fingerprint density at radius 1 is 0.474 bits per heavy atom. The molecule has 0 aliphatic rings. The normalized spacial score (nSPS) is 11.9. The molecule has 0 aromatic rings. The second kappa shape index (κ2) is 46.9. The highest BCUT2D eigenvalue weighted by Gasteiger charge is 2.10. The Kier molecular flexibility index (Phi) is 45.5. The van der Waals surface area contributed by atoms with E-state index in [1.54, 1.807) is 0 Å². The van der Waals surface area contributed by atoms with E-state index in [1.807, 2.05) is 0 Å². The van der Waals surface area contributed by atoms with E-state index in [9.17, 15) is 14.7 Å². The lowest BCUT2D eigenvalue weighted by Crippen LogP contribution is -2.29. The summed E-state index contributed by atoms with van der Waals surface area (Å²) in [4.78, 5) is 26.7. The average Bonchev–Trinajstić information content (AvgIpc) is 3.21. The van der Waals surface area contributed by atoms with E-state index in [4.69, 9.17) is 18.9 Å². The van der Waals surface area contributed by atoms with Gasteiger partial charge in [-0.2, -0.15) is 0 Å². The van der Waals surface area contributed by atoms with Crippen LogP contribution < -0.4 is 0 Å². The first-order chi connectivity index (χ1) is 28.1. The second-order valence-electron chi connectivity index (χ2n) is 16.0. The number of aliphatic hydroxyl groups excluding tert-OH is 1. The molecular weight excluding hydrogens is 715 g/mol. The van der Waals surface area contributed by atoms with Gasteiger partial charge >= 0.3 is 11.9 Å². The molecule has 0 aliphatic heterocycles. The van der Waals surface area contributed by atoms with Crippen LogP contribution in [0, 0.1) is 0 Å². The molecule has 0 aliphatic carbocycles. The third-order valence-corrected chi connectivity index (χ3v) is 10.5. The molecule has 0 aromatic heterocycles. The third-order valence-electron chi connectivity index (χ3n) is 10.5. The molecule has 0 unspecified atom stereocenters. The van der Waals surface area contributed by atoms with Gasteiger partial charge in [0.1, 0.15) is 0 Å². The molecular formula is C49H93NO7. The molecule has 0 aromatic carbocycles. The van der Waals surface area contributed by atoms with Gasteiger partial charge in [0.2, 0.25) is 0 Å². The van der Waals surface area contributed by atoms with E-state index < -0.39 is 0 Å². The minimum Gasteiger partial charge on any atom is -0.466 e. The van der Waals surface area contributed by atoms with Crippen LogP contribution in [0.1, 0.15) is 220 Å². The SMILES string of the molecule is CCCCCC/C=C/COC(CCCCC(=O)OCCCCCCN(CCO)CCCCCCCC(=O)OCCCCCCCCC)OC/C=C/CCCCCC. The zero-order valence-electron chi connectivity index (χ0n) is 37.8. The molecule has 0 fully saturated rings. The lowest BCUT2D eigenvalue weighted by molar-refractivity contribution is -0.145. The maximum absolute atomic E-state index is 12.4. The van der Waals surface area contributed by atoms with Crippen LogP contribution in [0.4, 0.5) is 0 Å². The number of carbonyl (C=O) groups excluding carboxylic acids is 2. The van der Waals surface area contributed by atoms with Gasteiger partial charge in [-0.05, 0) is 90.1 Å². The Bertz CT molecular complexity index is 869. The number of unbranched alkanes of at least 4 members (excludes halogenated alkanes) is 22. The van der Waals surface area contributed by atoms with E-state index in [1.165, 1.54) is 83.5 Å². The molecule has 1 N–H and O–H groups in total. The van der Waals surface area contributed by atoms with Crippen molar-refractivity contribution in [1.29, 1.82) is 0 Å². The highest BCUT2D eigenvalue weighted by molar-refractivity contribution is 5.69. The Labute approximate surface area is 352 Å². The van der Waals surface area contributed by atoms with Crippen molar-refractivity contribution in [3.8, 4) is 0 Å². The highest BCUT2D eigenvalue weighted by atomic mass is 16.7. The molecule has 8 nitrogen and oxygen atoms in total. The van der Waals surface area contributed by atoms with Crippen molar-refractivity contribution in [2.75, 3.05) is 52.7 Å². The third kappa shape index (κ3) is 43.7. The maximum atomic E-state index is 12.4. The monoisotopic (exact) mass is 808 g/mol. The van der Waals surface area contributed by atoms with Gasteiger partial charge in [0.25, 0.3) is 0 Å². The quantitative estimate of drug-likeness (QED) is 0.0281. The van der Waals surface area contributed by atoms with Crippen LogP contribution in [0.2, 0.25) is 0 Å². The summed E-state index contributed by atoms with van der Waals surface area (Å²) in [7, 11) is 0. The topological polar surface area (TPSA) is 94.5 Å². The average molecular weight is 808 g/mol. The van der Waals surface area contributed by atoms with Crippen LogP contribution in [-0.2, 0) is 28.5 Å². The zero-order chi connectivity index (χ0) is 41.5. The van der Waals surface area contributed by atoms with Gasteiger partial charge in [-0.1, -0.05) is 154 Å². The number of carbonyl (C=O) groups is 2. The summed E-state index contributed by atoms with van der Waals surface area (Å²) in [5.74, 6) is -0.155. The predicted octanol–water partition coefficient (Wildman–Crippen LogP) is 13.0. The molecule has 57 heavy (non-hydrogen) atoms. The van der Waals surface area contributed by atoms with Crippen LogP contribution in [-0.4, -0.2) is 80.9 Å². The molecule has 0 saturated carbocycles. The molecule has 0 bridgehead atoms. The number of hydrogen-bond acceptors (Lipinski definition) is 8. The van der Waals surface area contributed by atoms with Crippen molar-refractivity contribution < 1.29 is 33.6 Å². The Morgan fingerprint density at radius 2 is 0.877 bits per heavy atom. The fraction of sp³-hybridized carbons (Fsp3) is 0.878. The summed E-state index contributed by atoms with van der Waals surface area (Å²) < 4.78 is 23.0. The first kappa shape index (κ1) is 55.3. The number of ether oxygens (including phenoxy) is 4. The molecule has 0 heterocycles. The number of rotatable bonds is 46. The number of hydrogen-bond donors (Lipinski definition) is 1. The Morgan fingerprint density at radius 3 is 1.35 bits per heavy atom. The summed E-state index contributed by atoms with van der Waals surface area (Å²) >= 11 is 0. The number of nitrogens with zero attached hydrogens (tertiary/aromatic N) is 1. The number of allylic oxidation sites excluding steroid dienone is 2. The lowest BCUT2D eigenvalue weighted by atomic mass is 10.1. The van der Waals surface area contributed by atoms with Crippen molar-refractivity contribution in [1.82, 2.24) is 4.90 Å². The molecule has 336 valence electrons. The van der Waals surface area contributed by atoms with Gasteiger partial charge in [0.15, 0.2) is 6.29 Å². The molecule has 0 amide bonds. The van der Waals surface area contributed by atoms with Gasteiger partial charge in [-0.25, -0.2) is 0 Å². The summed E-state index contributed by atoms with van der Waals surface area (Å²) in [6.45, 7) is 11.8. The van der Waals surface area contributed by atoms with Crippen molar-refractivity contribution in [2.45, 2.75) is 226 Å². The zero-order valence-corrected chi connectivity index (χ0v) is 37.8. The first-order valence-corrected chi connectivity index (χ1v) is 24.2. The first-order valence-electron chi connectivity index (χ1n) is 24.2. The van der Waals surface area contributed by atoms with Crippen molar-refractivity contribution >= 4 is 11.9 Å². The smallest absolute Gasteiger partial charge is 0.305 e. The molecule has 0 saturated heterocycles. The summed E-state index contributed by atoms with van der Waals surface area (Å²) in [5.41, 5.74) is 0. The van der Waals surface area contributed by atoms with Gasteiger partial charge in [0.05, 0.1) is 33.0 Å². The van der Waals surface area contributed by atoms with E-state index in [0.717, 1.165) is 116 Å². The molecule has 8 heteroatoms. The molecule has 0 radical (unpaired) electrons. The maximum Gasteiger partial charge on any atom is 0.305 e. The van der Waals surface area contributed by atoms with Crippen molar-refractivity contribution in [2.24, 2.45) is 0 Å². The lowest BCUT2D eigenvalue weighted by Gasteiger charge is -2.21. The predicted molar refractivity (Wildman–Crippen MR) is 240 cm³/mol. The second-order valence-corrected chi connectivity index (χ2v) is 16.0. The highest BCUT2D eigenvalue weighted by Crippen LogP contribution is 2.13. The molecule has 0 atom stereocenters. The minimum absolute atomic E-state index is 0.0425.